The van der Waals surface area contributed by atoms with Crippen molar-refractivity contribution in [2.24, 2.45) is 5.92 Å². The van der Waals surface area contributed by atoms with Crippen LogP contribution in [0, 0.1) is 11.7 Å². The molecule has 1 saturated carbocycles. The van der Waals surface area contributed by atoms with E-state index in [-0.39, 0.29) is 48.4 Å². The molecule has 2 atom stereocenters. The third kappa shape index (κ3) is 6.46. The highest BCUT2D eigenvalue weighted by molar-refractivity contribution is 5.85. The standard InChI is InChI=1S/C24H23F7N2O.ClH/c25-18-3-1-15(2-4-18)21-12-32-8-7-20(21)22(34)33(19-5-6-19)13-14-9-16(23(26,27)28)11-17(10-14)24(29,30)31;/h1-4,9-11,19-21,32H,5-8,12-13H2;1H/t20-,21-;/m0./s1. The predicted octanol–water partition coefficient (Wildman–Crippen LogP) is 6.17. The van der Waals surface area contributed by atoms with Gasteiger partial charge in [0.15, 0.2) is 0 Å². The molecule has 2 aromatic carbocycles. The van der Waals surface area contributed by atoms with Crippen molar-refractivity contribution < 1.29 is 35.5 Å². The molecule has 3 nitrogen and oxygen atoms in total. The predicted molar refractivity (Wildman–Crippen MR) is 117 cm³/mol. The maximum absolute atomic E-state index is 13.6. The first-order valence-electron chi connectivity index (χ1n) is 11.0. The molecule has 1 N–H and O–H groups in total. The summed E-state index contributed by atoms with van der Waals surface area (Å²) in [7, 11) is 0. The van der Waals surface area contributed by atoms with Crippen molar-refractivity contribution in [2.75, 3.05) is 13.1 Å². The van der Waals surface area contributed by atoms with E-state index in [1.165, 1.54) is 17.0 Å². The second kappa shape index (κ2) is 10.3. The minimum atomic E-state index is -4.95. The van der Waals surface area contributed by atoms with E-state index >= 15 is 0 Å². The fraction of sp³-hybridized carbons (Fsp3) is 0.458. The van der Waals surface area contributed by atoms with Crippen LogP contribution in [0.2, 0.25) is 0 Å². The molecule has 1 amide bonds. The summed E-state index contributed by atoms with van der Waals surface area (Å²) in [6, 6.07) is 7.00. The molecule has 35 heavy (non-hydrogen) atoms. The first-order chi connectivity index (χ1) is 15.9. The number of carbonyl (C=O) groups excluding carboxylic acids is 1. The number of piperidine rings is 1. The van der Waals surface area contributed by atoms with Gasteiger partial charge in [-0.25, -0.2) is 4.39 Å². The van der Waals surface area contributed by atoms with Gasteiger partial charge in [0.05, 0.1) is 11.1 Å². The lowest BCUT2D eigenvalue weighted by Gasteiger charge is -2.36. The summed E-state index contributed by atoms with van der Waals surface area (Å²) in [5.41, 5.74) is -2.26. The van der Waals surface area contributed by atoms with Gasteiger partial charge in [0, 0.05) is 31.0 Å². The molecule has 0 aromatic heterocycles. The summed E-state index contributed by atoms with van der Waals surface area (Å²) >= 11 is 0. The molecule has 192 valence electrons. The van der Waals surface area contributed by atoms with Gasteiger partial charge in [-0.05, 0) is 67.3 Å². The van der Waals surface area contributed by atoms with Gasteiger partial charge in [-0.2, -0.15) is 26.3 Å². The summed E-state index contributed by atoms with van der Waals surface area (Å²) in [4.78, 5) is 15.0. The fourth-order valence-corrected chi connectivity index (χ4v) is 4.51. The van der Waals surface area contributed by atoms with Gasteiger partial charge in [-0.15, -0.1) is 12.4 Å². The van der Waals surface area contributed by atoms with E-state index in [2.05, 4.69) is 5.32 Å². The first-order valence-corrected chi connectivity index (χ1v) is 11.0. The zero-order chi connectivity index (χ0) is 24.7. The number of benzene rings is 2. The van der Waals surface area contributed by atoms with Gasteiger partial charge in [0.2, 0.25) is 5.91 Å². The summed E-state index contributed by atoms with van der Waals surface area (Å²) in [5, 5.41) is 3.20. The summed E-state index contributed by atoms with van der Waals surface area (Å²) in [5.74, 6) is -1.51. The molecule has 1 aliphatic carbocycles. The van der Waals surface area contributed by atoms with Gasteiger partial charge in [-0.1, -0.05) is 12.1 Å². The Morgan fingerprint density at radius 2 is 1.49 bits per heavy atom. The Bertz CT molecular complexity index is 1000. The lowest BCUT2D eigenvalue weighted by Crippen LogP contribution is -2.45. The monoisotopic (exact) mass is 524 g/mol. The molecule has 11 heteroatoms. The summed E-state index contributed by atoms with van der Waals surface area (Å²) in [6.07, 6.45) is -8.16. The molecular weight excluding hydrogens is 501 g/mol. The third-order valence-electron chi connectivity index (χ3n) is 6.37. The van der Waals surface area contributed by atoms with E-state index < -0.39 is 35.2 Å². The van der Waals surface area contributed by atoms with Crippen molar-refractivity contribution in [3.63, 3.8) is 0 Å². The Morgan fingerprint density at radius 1 is 0.914 bits per heavy atom. The topological polar surface area (TPSA) is 32.3 Å². The Morgan fingerprint density at radius 3 is 2.00 bits per heavy atom. The number of carbonyl (C=O) groups is 1. The molecule has 1 saturated heterocycles. The highest BCUT2D eigenvalue weighted by atomic mass is 35.5. The molecule has 2 aromatic rings. The van der Waals surface area contributed by atoms with Gasteiger partial charge in [0.25, 0.3) is 0 Å². The van der Waals surface area contributed by atoms with E-state index in [0.717, 1.165) is 5.56 Å². The lowest BCUT2D eigenvalue weighted by atomic mass is 9.80. The SMILES string of the molecule is Cl.O=C([C@H]1CCNC[C@H]1c1ccc(F)cc1)N(Cc1cc(C(F)(F)F)cc(C(F)(F)F)c1)C1CC1. The van der Waals surface area contributed by atoms with E-state index in [9.17, 15) is 35.5 Å². The van der Waals surface area contributed by atoms with Crippen LogP contribution < -0.4 is 5.32 Å². The average Bonchev–Trinajstić information content (AvgIpc) is 3.61. The second-order valence-electron chi connectivity index (χ2n) is 8.87. The second-order valence-corrected chi connectivity index (χ2v) is 8.87. The molecule has 4 rings (SSSR count). The molecule has 2 fully saturated rings. The van der Waals surface area contributed by atoms with Crippen LogP contribution in [0.5, 0.6) is 0 Å². The van der Waals surface area contributed by atoms with E-state index in [1.807, 2.05) is 0 Å². The molecular formula is C24H24ClF7N2O. The molecule has 2 aliphatic rings. The highest BCUT2D eigenvalue weighted by Crippen LogP contribution is 2.39. The zero-order valence-corrected chi connectivity index (χ0v) is 19.2. The number of amides is 1. The Kier molecular flexibility index (Phi) is 8.06. The van der Waals surface area contributed by atoms with Crippen molar-refractivity contribution in [1.29, 1.82) is 0 Å². The number of nitrogens with zero attached hydrogens (tertiary/aromatic N) is 1. The molecule has 0 spiro atoms. The van der Waals surface area contributed by atoms with E-state index in [4.69, 9.17) is 0 Å². The number of rotatable bonds is 5. The number of halogens is 8. The molecule has 1 aliphatic heterocycles. The van der Waals surface area contributed by atoms with Crippen LogP contribution in [-0.2, 0) is 23.7 Å². The number of nitrogens with one attached hydrogen (secondary N) is 1. The fourth-order valence-electron chi connectivity index (χ4n) is 4.51. The molecule has 0 radical (unpaired) electrons. The molecule has 0 unspecified atom stereocenters. The lowest BCUT2D eigenvalue weighted by molar-refractivity contribution is -0.143. The van der Waals surface area contributed by atoms with Crippen LogP contribution in [-0.4, -0.2) is 29.9 Å². The minimum Gasteiger partial charge on any atom is -0.335 e. The quantitative estimate of drug-likeness (QED) is 0.475. The molecule has 1 heterocycles. The average molecular weight is 525 g/mol. The van der Waals surface area contributed by atoms with Crippen molar-refractivity contribution in [2.45, 2.75) is 50.1 Å². The van der Waals surface area contributed by atoms with Crippen LogP contribution >= 0.6 is 12.4 Å². The number of hydrogen-bond donors (Lipinski definition) is 1. The Labute approximate surface area is 204 Å². The number of hydrogen-bond acceptors (Lipinski definition) is 2. The smallest absolute Gasteiger partial charge is 0.335 e. The van der Waals surface area contributed by atoms with Crippen molar-refractivity contribution in [1.82, 2.24) is 10.2 Å². The largest absolute Gasteiger partial charge is 0.416 e. The summed E-state index contributed by atoms with van der Waals surface area (Å²) in [6.45, 7) is 0.674. The maximum Gasteiger partial charge on any atom is 0.416 e. The zero-order valence-electron chi connectivity index (χ0n) is 18.4. The Balaban J connectivity index is 0.00000342. The van der Waals surface area contributed by atoms with E-state index in [1.54, 1.807) is 12.1 Å². The highest BCUT2D eigenvalue weighted by Gasteiger charge is 2.41. The first kappa shape index (κ1) is 27.3. The van der Waals surface area contributed by atoms with Gasteiger partial charge >= 0.3 is 12.4 Å². The van der Waals surface area contributed by atoms with Gasteiger partial charge < -0.3 is 10.2 Å². The van der Waals surface area contributed by atoms with Crippen LogP contribution in [0.25, 0.3) is 0 Å². The maximum atomic E-state index is 13.6. The van der Waals surface area contributed by atoms with Crippen LogP contribution in [0.3, 0.4) is 0 Å². The van der Waals surface area contributed by atoms with Crippen LogP contribution in [0.4, 0.5) is 30.7 Å². The van der Waals surface area contributed by atoms with Crippen molar-refractivity contribution in [3.8, 4) is 0 Å². The summed E-state index contributed by atoms with van der Waals surface area (Å²) < 4.78 is 93.1. The van der Waals surface area contributed by atoms with Crippen molar-refractivity contribution >= 4 is 18.3 Å². The van der Waals surface area contributed by atoms with Crippen LogP contribution in [0.15, 0.2) is 42.5 Å². The molecule has 0 bridgehead atoms. The van der Waals surface area contributed by atoms with Crippen molar-refractivity contribution in [3.05, 3.63) is 70.5 Å². The third-order valence-corrected chi connectivity index (χ3v) is 6.37. The van der Waals surface area contributed by atoms with Gasteiger partial charge in [0.1, 0.15) is 5.82 Å². The normalized spacial score (nSPS) is 20.8. The Hall–Kier alpha value is -2.33. The number of alkyl halides is 6. The van der Waals surface area contributed by atoms with Gasteiger partial charge in [-0.3, -0.25) is 4.79 Å². The minimum absolute atomic E-state index is 0. The van der Waals surface area contributed by atoms with E-state index in [0.29, 0.717) is 44.5 Å². The van der Waals surface area contributed by atoms with Crippen LogP contribution in [0.1, 0.15) is 47.4 Å².